The van der Waals surface area contributed by atoms with E-state index in [1.807, 2.05) is 0 Å². The SMILES string of the molecule is Cc1ccc2c(c1)c1cc(C)ccc1n2-c1ccccc1-c1ccccc1-n1c2ccc(C)cc2c2cc(C)ccc21. The molecular weight excluding hydrogens is 508 g/mol. The molecule has 0 aliphatic carbocycles. The topological polar surface area (TPSA) is 9.86 Å². The van der Waals surface area contributed by atoms with Gasteiger partial charge in [-0.3, -0.25) is 0 Å². The minimum absolute atomic E-state index is 1.19. The lowest BCUT2D eigenvalue weighted by molar-refractivity contribution is 1.16. The number of aryl methyl sites for hydroxylation is 4. The summed E-state index contributed by atoms with van der Waals surface area (Å²) >= 11 is 0. The molecule has 42 heavy (non-hydrogen) atoms. The standard InChI is InChI=1S/C40H32N2/c1-25-13-17-37-31(21-25)32-22-26(2)14-18-38(32)41(37)35-11-7-5-9-29(35)30-10-6-8-12-36(30)42-39-19-15-27(3)23-33(39)34-24-28(4)16-20-40(34)42/h5-24H,1-4H3. The van der Waals surface area contributed by atoms with Crippen molar-refractivity contribution in [2.24, 2.45) is 0 Å². The third-order valence-corrected chi connectivity index (χ3v) is 8.73. The molecule has 0 unspecified atom stereocenters. The van der Waals surface area contributed by atoms with E-state index in [2.05, 4.69) is 158 Å². The average Bonchev–Trinajstić information content (AvgIpc) is 3.48. The lowest BCUT2D eigenvalue weighted by Crippen LogP contribution is -2.01. The van der Waals surface area contributed by atoms with Crippen molar-refractivity contribution in [2.45, 2.75) is 27.7 Å². The maximum absolute atomic E-state index is 2.45. The molecule has 0 saturated heterocycles. The lowest BCUT2D eigenvalue weighted by Gasteiger charge is -2.18. The maximum atomic E-state index is 2.45. The van der Waals surface area contributed by atoms with Crippen LogP contribution in [-0.4, -0.2) is 9.13 Å². The fourth-order valence-electron chi connectivity index (χ4n) is 6.81. The van der Waals surface area contributed by atoms with E-state index in [9.17, 15) is 0 Å². The highest BCUT2D eigenvalue weighted by Gasteiger charge is 2.20. The van der Waals surface area contributed by atoms with Crippen molar-refractivity contribution >= 4 is 43.6 Å². The zero-order valence-electron chi connectivity index (χ0n) is 24.4. The van der Waals surface area contributed by atoms with Crippen molar-refractivity contribution in [1.82, 2.24) is 9.13 Å². The fourth-order valence-corrected chi connectivity index (χ4v) is 6.81. The van der Waals surface area contributed by atoms with Gasteiger partial charge in [-0.25, -0.2) is 0 Å². The highest BCUT2D eigenvalue weighted by molar-refractivity contribution is 6.12. The molecule has 6 aromatic carbocycles. The van der Waals surface area contributed by atoms with Gasteiger partial charge in [0.15, 0.2) is 0 Å². The average molecular weight is 541 g/mol. The number of aromatic nitrogens is 2. The van der Waals surface area contributed by atoms with E-state index >= 15 is 0 Å². The van der Waals surface area contributed by atoms with Crippen LogP contribution in [0.1, 0.15) is 22.3 Å². The number of benzene rings is 6. The summed E-state index contributed by atoms with van der Waals surface area (Å²) in [4.78, 5) is 0. The van der Waals surface area contributed by atoms with Gasteiger partial charge in [0.05, 0.1) is 33.4 Å². The van der Waals surface area contributed by atoms with E-state index in [-0.39, 0.29) is 0 Å². The van der Waals surface area contributed by atoms with E-state index in [1.54, 1.807) is 0 Å². The molecule has 202 valence electrons. The number of hydrogen-bond donors (Lipinski definition) is 0. The van der Waals surface area contributed by atoms with Crippen LogP contribution in [0.4, 0.5) is 0 Å². The van der Waals surface area contributed by atoms with Crippen LogP contribution in [-0.2, 0) is 0 Å². The van der Waals surface area contributed by atoms with E-state index in [1.165, 1.54) is 88.4 Å². The van der Waals surface area contributed by atoms with Crippen LogP contribution in [0.15, 0.2) is 121 Å². The summed E-state index contributed by atoms with van der Waals surface area (Å²) in [6.07, 6.45) is 0. The van der Waals surface area contributed by atoms with Crippen LogP contribution in [0.25, 0.3) is 66.1 Å². The monoisotopic (exact) mass is 540 g/mol. The second kappa shape index (κ2) is 9.22. The molecule has 0 radical (unpaired) electrons. The van der Waals surface area contributed by atoms with Crippen molar-refractivity contribution in [2.75, 3.05) is 0 Å². The summed E-state index contributed by atoms with van der Waals surface area (Å²) in [7, 11) is 0. The van der Waals surface area contributed by atoms with Gasteiger partial charge in [-0.05, 0) is 88.4 Å². The van der Waals surface area contributed by atoms with Gasteiger partial charge in [-0.15, -0.1) is 0 Å². The van der Waals surface area contributed by atoms with Gasteiger partial charge in [0.1, 0.15) is 0 Å². The minimum Gasteiger partial charge on any atom is -0.309 e. The van der Waals surface area contributed by atoms with E-state index in [4.69, 9.17) is 0 Å². The van der Waals surface area contributed by atoms with Crippen LogP contribution in [0.5, 0.6) is 0 Å². The highest BCUT2D eigenvalue weighted by Crippen LogP contribution is 2.41. The summed E-state index contributed by atoms with van der Waals surface area (Å²) in [5.74, 6) is 0. The Morgan fingerprint density at radius 3 is 0.929 bits per heavy atom. The van der Waals surface area contributed by atoms with Gasteiger partial charge in [-0.2, -0.15) is 0 Å². The van der Waals surface area contributed by atoms with Crippen molar-refractivity contribution in [1.29, 1.82) is 0 Å². The minimum atomic E-state index is 1.19. The number of fused-ring (bicyclic) bond motifs is 6. The van der Waals surface area contributed by atoms with Crippen LogP contribution >= 0.6 is 0 Å². The molecule has 0 saturated carbocycles. The predicted molar refractivity (Wildman–Crippen MR) is 180 cm³/mol. The van der Waals surface area contributed by atoms with Crippen LogP contribution in [0, 0.1) is 27.7 Å². The van der Waals surface area contributed by atoms with Crippen LogP contribution in [0.2, 0.25) is 0 Å². The van der Waals surface area contributed by atoms with E-state index in [0.29, 0.717) is 0 Å². The quantitative estimate of drug-likeness (QED) is 0.211. The molecule has 0 aliphatic rings. The Hall–Kier alpha value is -5.08. The molecule has 8 rings (SSSR count). The first-order valence-corrected chi connectivity index (χ1v) is 14.7. The second-order valence-electron chi connectivity index (χ2n) is 11.8. The molecule has 2 nitrogen and oxygen atoms in total. The molecule has 0 amide bonds. The third-order valence-electron chi connectivity index (χ3n) is 8.73. The van der Waals surface area contributed by atoms with Crippen molar-refractivity contribution in [3.8, 4) is 22.5 Å². The molecule has 0 bridgehead atoms. The molecule has 0 N–H and O–H groups in total. The number of nitrogens with zero attached hydrogens (tertiary/aromatic N) is 2. The van der Waals surface area contributed by atoms with Gasteiger partial charge >= 0.3 is 0 Å². The molecular formula is C40H32N2. The summed E-state index contributed by atoms with van der Waals surface area (Å²) in [6, 6.07) is 45.0. The van der Waals surface area contributed by atoms with Gasteiger partial charge in [0.2, 0.25) is 0 Å². The second-order valence-corrected chi connectivity index (χ2v) is 11.8. The van der Waals surface area contributed by atoms with Crippen molar-refractivity contribution < 1.29 is 0 Å². The summed E-state index contributed by atoms with van der Waals surface area (Å²) in [5.41, 5.74) is 14.8. The Labute approximate surface area is 246 Å². The Bertz CT molecular complexity index is 2060. The van der Waals surface area contributed by atoms with Gasteiger partial charge < -0.3 is 9.13 Å². The van der Waals surface area contributed by atoms with Crippen LogP contribution < -0.4 is 0 Å². The number of rotatable bonds is 3. The molecule has 2 aromatic heterocycles. The smallest absolute Gasteiger partial charge is 0.0541 e. The predicted octanol–water partition coefficient (Wildman–Crippen LogP) is 10.8. The lowest BCUT2D eigenvalue weighted by atomic mass is 10.0. The van der Waals surface area contributed by atoms with Crippen molar-refractivity contribution in [3.05, 3.63) is 144 Å². The highest BCUT2D eigenvalue weighted by atomic mass is 15.0. The van der Waals surface area contributed by atoms with Crippen molar-refractivity contribution in [3.63, 3.8) is 0 Å². The maximum Gasteiger partial charge on any atom is 0.0541 e. The first-order valence-electron chi connectivity index (χ1n) is 14.7. The molecule has 0 aliphatic heterocycles. The summed E-state index contributed by atoms with van der Waals surface area (Å²) in [6.45, 7) is 8.71. The molecule has 8 aromatic rings. The van der Waals surface area contributed by atoms with Gasteiger partial charge in [0, 0.05) is 32.7 Å². The molecule has 2 heteroatoms. The molecule has 0 atom stereocenters. The molecule has 0 spiro atoms. The van der Waals surface area contributed by atoms with Crippen LogP contribution in [0.3, 0.4) is 0 Å². The Balaban J connectivity index is 1.46. The summed E-state index contributed by atoms with van der Waals surface area (Å²) < 4.78 is 4.91. The Morgan fingerprint density at radius 2 is 0.619 bits per heavy atom. The molecule has 0 fully saturated rings. The van der Waals surface area contributed by atoms with E-state index < -0.39 is 0 Å². The molecule has 2 heterocycles. The zero-order valence-corrected chi connectivity index (χ0v) is 24.4. The fraction of sp³-hybridized carbons (Fsp3) is 0.100. The van der Waals surface area contributed by atoms with Gasteiger partial charge in [0.25, 0.3) is 0 Å². The zero-order chi connectivity index (χ0) is 28.5. The Morgan fingerprint density at radius 1 is 0.333 bits per heavy atom. The number of para-hydroxylation sites is 2. The first-order chi connectivity index (χ1) is 20.5. The summed E-state index contributed by atoms with van der Waals surface area (Å²) in [5, 5.41) is 5.18. The number of hydrogen-bond acceptors (Lipinski definition) is 0. The van der Waals surface area contributed by atoms with E-state index in [0.717, 1.165) is 0 Å². The van der Waals surface area contributed by atoms with Gasteiger partial charge in [-0.1, -0.05) is 82.9 Å². The third kappa shape index (κ3) is 3.65. The first kappa shape index (κ1) is 24.7. The normalized spacial score (nSPS) is 11.8. The largest absolute Gasteiger partial charge is 0.309 e. The Kier molecular flexibility index (Phi) is 5.42.